The number of carbonyl (C=O) groups excluding carboxylic acids is 1. The number of carbonyl (C=O) groups is 1. The lowest BCUT2D eigenvalue weighted by atomic mass is 9.79. The SMILES string of the molecule is NC(=O)C1(c2ccccc2)CCN(Cc2nc(-c3ccc(Cl)cc3)no2)C1. The van der Waals surface area contributed by atoms with Crippen molar-refractivity contribution in [3.05, 3.63) is 71.1 Å². The largest absolute Gasteiger partial charge is 0.369 e. The van der Waals surface area contributed by atoms with Crippen molar-refractivity contribution in [2.24, 2.45) is 5.73 Å². The molecule has 1 aliphatic heterocycles. The van der Waals surface area contributed by atoms with Crippen LogP contribution in [0.5, 0.6) is 0 Å². The van der Waals surface area contributed by atoms with Gasteiger partial charge < -0.3 is 10.3 Å². The molecule has 0 spiro atoms. The van der Waals surface area contributed by atoms with Gasteiger partial charge in [-0.2, -0.15) is 4.98 Å². The van der Waals surface area contributed by atoms with Gasteiger partial charge in [0.2, 0.25) is 17.6 Å². The van der Waals surface area contributed by atoms with Crippen molar-refractivity contribution in [2.75, 3.05) is 13.1 Å². The summed E-state index contributed by atoms with van der Waals surface area (Å²) < 4.78 is 5.39. The molecule has 7 heteroatoms. The first-order valence-corrected chi connectivity index (χ1v) is 9.11. The Bertz CT molecular complexity index is 942. The van der Waals surface area contributed by atoms with Crippen LogP contribution in [0, 0.1) is 0 Å². The van der Waals surface area contributed by atoms with Gasteiger partial charge in [0.05, 0.1) is 12.0 Å². The fourth-order valence-electron chi connectivity index (χ4n) is 3.59. The molecular weight excluding hydrogens is 364 g/mol. The van der Waals surface area contributed by atoms with E-state index in [1.165, 1.54) is 0 Å². The molecule has 1 fully saturated rings. The minimum Gasteiger partial charge on any atom is -0.369 e. The number of aromatic nitrogens is 2. The molecular formula is C20H19ClN4O2. The van der Waals surface area contributed by atoms with E-state index in [1.54, 1.807) is 12.1 Å². The van der Waals surface area contributed by atoms with Gasteiger partial charge in [-0.05, 0) is 36.2 Å². The summed E-state index contributed by atoms with van der Waals surface area (Å²) >= 11 is 5.91. The Balaban J connectivity index is 1.50. The first-order chi connectivity index (χ1) is 13.1. The topological polar surface area (TPSA) is 85.3 Å². The molecule has 1 atom stereocenters. The van der Waals surface area contributed by atoms with Gasteiger partial charge in [0.15, 0.2) is 0 Å². The number of nitrogens with zero attached hydrogens (tertiary/aromatic N) is 3. The van der Waals surface area contributed by atoms with Crippen molar-refractivity contribution in [1.82, 2.24) is 15.0 Å². The highest BCUT2D eigenvalue weighted by molar-refractivity contribution is 6.30. The first kappa shape index (κ1) is 17.7. The van der Waals surface area contributed by atoms with E-state index in [2.05, 4.69) is 15.0 Å². The Kier molecular flexibility index (Phi) is 4.68. The van der Waals surface area contributed by atoms with Gasteiger partial charge in [-0.15, -0.1) is 0 Å². The maximum absolute atomic E-state index is 12.3. The molecule has 2 heterocycles. The number of hydrogen-bond donors (Lipinski definition) is 1. The molecule has 2 N–H and O–H groups in total. The van der Waals surface area contributed by atoms with Gasteiger partial charge in [0.1, 0.15) is 0 Å². The predicted octanol–water partition coefficient (Wildman–Crippen LogP) is 3.02. The van der Waals surface area contributed by atoms with Gasteiger partial charge in [-0.25, -0.2) is 0 Å². The second-order valence-corrected chi connectivity index (χ2v) is 7.23. The van der Waals surface area contributed by atoms with Crippen LogP contribution in [0.4, 0.5) is 0 Å². The minimum absolute atomic E-state index is 0.302. The van der Waals surface area contributed by atoms with Crippen LogP contribution in [0.3, 0.4) is 0 Å². The van der Waals surface area contributed by atoms with E-state index < -0.39 is 5.41 Å². The van der Waals surface area contributed by atoms with Crippen LogP contribution < -0.4 is 5.73 Å². The fraction of sp³-hybridized carbons (Fsp3) is 0.250. The molecule has 138 valence electrons. The van der Waals surface area contributed by atoms with Crippen molar-refractivity contribution >= 4 is 17.5 Å². The zero-order chi connectivity index (χ0) is 18.9. The number of rotatable bonds is 5. The van der Waals surface area contributed by atoms with Crippen LogP contribution in [-0.2, 0) is 16.8 Å². The van der Waals surface area contributed by atoms with Gasteiger partial charge in [0.25, 0.3) is 0 Å². The molecule has 0 saturated carbocycles. The van der Waals surface area contributed by atoms with Crippen LogP contribution in [0.1, 0.15) is 17.9 Å². The maximum atomic E-state index is 12.3. The number of likely N-dealkylation sites (tertiary alicyclic amines) is 1. The lowest BCUT2D eigenvalue weighted by Crippen LogP contribution is -2.43. The van der Waals surface area contributed by atoms with E-state index in [0.717, 1.165) is 17.7 Å². The van der Waals surface area contributed by atoms with Crippen LogP contribution in [0.15, 0.2) is 59.1 Å². The quantitative estimate of drug-likeness (QED) is 0.733. The monoisotopic (exact) mass is 382 g/mol. The molecule has 1 saturated heterocycles. The summed E-state index contributed by atoms with van der Waals surface area (Å²) in [6, 6.07) is 17.0. The van der Waals surface area contributed by atoms with Crippen molar-refractivity contribution in [3.63, 3.8) is 0 Å². The second-order valence-electron chi connectivity index (χ2n) is 6.79. The molecule has 1 aromatic heterocycles. The maximum Gasteiger partial charge on any atom is 0.241 e. The Morgan fingerprint density at radius 2 is 1.93 bits per heavy atom. The van der Waals surface area contributed by atoms with E-state index in [1.807, 2.05) is 42.5 Å². The normalized spacial score (nSPS) is 20.0. The Morgan fingerprint density at radius 3 is 2.63 bits per heavy atom. The van der Waals surface area contributed by atoms with Gasteiger partial charge >= 0.3 is 0 Å². The standard InChI is InChI=1S/C20H19ClN4O2/c21-16-8-6-14(7-9-16)18-23-17(27-24-18)12-25-11-10-20(13-25,19(22)26)15-4-2-1-3-5-15/h1-9H,10-13H2,(H2,22,26). The Hall–Kier alpha value is -2.70. The van der Waals surface area contributed by atoms with Crippen molar-refractivity contribution in [1.29, 1.82) is 0 Å². The summed E-state index contributed by atoms with van der Waals surface area (Å²) in [5.41, 5.74) is 6.90. The lowest BCUT2D eigenvalue weighted by Gasteiger charge is -2.26. The highest BCUT2D eigenvalue weighted by atomic mass is 35.5. The average Bonchev–Trinajstić information content (AvgIpc) is 3.32. The third-order valence-corrected chi connectivity index (χ3v) is 5.33. The smallest absolute Gasteiger partial charge is 0.241 e. The van der Waals surface area contributed by atoms with Gasteiger partial charge in [-0.1, -0.05) is 47.1 Å². The highest BCUT2D eigenvalue weighted by Crippen LogP contribution is 2.35. The number of benzene rings is 2. The highest BCUT2D eigenvalue weighted by Gasteiger charge is 2.44. The summed E-state index contributed by atoms with van der Waals surface area (Å²) in [6.45, 7) is 1.74. The van der Waals surface area contributed by atoms with Crippen LogP contribution in [0.2, 0.25) is 5.02 Å². The molecule has 1 aliphatic rings. The summed E-state index contributed by atoms with van der Waals surface area (Å²) in [4.78, 5) is 18.9. The Labute approximate surface area is 161 Å². The zero-order valence-electron chi connectivity index (χ0n) is 14.6. The van der Waals surface area contributed by atoms with Crippen molar-refractivity contribution in [3.8, 4) is 11.4 Å². The summed E-state index contributed by atoms with van der Waals surface area (Å²) in [5, 5.41) is 4.70. The first-order valence-electron chi connectivity index (χ1n) is 8.73. The molecule has 1 unspecified atom stereocenters. The predicted molar refractivity (Wildman–Crippen MR) is 102 cm³/mol. The van der Waals surface area contributed by atoms with Gasteiger partial charge in [0, 0.05) is 23.7 Å². The van der Waals surface area contributed by atoms with Crippen molar-refractivity contribution < 1.29 is 9.32 Å². The van der Waals surface area contributed by atoms with E-state index in [0.29, 0.717) is 36.2 Å². The Morgan fingerprint density at radius 1 is 1.19 bits per heavy atom. The van der Waals surface area contributed by atoms with E-state index >= 15 is 0 Å². The second kappa shape index (κ2) is 7.13. The number of hydrogen-bond acceptors (Lipinski definition) is 5. The fourth-order valence-corrected chi connectivity index (χ4v) is 3.71. The lowest BCUT2D eigenvalue weighted by molar-refractivity contribution is -0.123. The zero-order valence-corrected chi connectivity index (χ0v) is 15.4. The van der Waals surface area contributed by atoms with E-state index in [9.17, 15) is 4.79 Å². The molecule has 2 aromatic carbocycles. The molecule has 4 rings (SSSR count). The summed E-state index contributed by atoms with van der Waals surface area (Å²) in [7, 11) is 0. The minimum atomic E-state index is -0.680. The van der Waals surface area contributed by atoms with Crippen LogP contribution in [0.25, 0.3) is 11.4 Å². The molecule has 0 radical (unpaired) electrons. The molecule has 0 bridgehead atoms. The number of primary amides is 1. The van der Waals surface area contributed by atoms with E-state index in [-0.39, 0.29) is 5.91 Å². The van der Waals surface area contributed by atoms with Crippen molar-refractivity contribution in [2.45, 2.75) is 18.4 Å². The molecule has 6 nitrogen and oxygen atoms in total. The van der Waals surface area contributed by atoms with Crippen LogP contribution in [-0.4, -0.2) is 34.0 Å². The number of amides is 1. The molecule has 27 heavy (non-hydrogen) atoms. The third kappa shape index (κ3) is 3.46. The summed E-state index contributed by atoms with van der Waals surface area (Å²) in [6.07, 6.45) is 0.671. The number of nitrogens with two attached hydrogens (primary N) is 1. The number of halogens is 1. The summed E-state index contributed by atoms with van der Waals surface area (Å²) in [5.74, 6) is 0.724. The van der Waals surface area contributed by atoms with E-state index in [4.69, 9.17) is 21.9 Å². The van der Waals surface area contributed by atoms with Crippen LogP contribution >= 0.6 is 11.6 Å². The molecule has 1 amide bonds. The van der Waals surface area contributed by atoms with Gasteiger partial charge in [-0.3, -0.25) is 9.69 Å². The molecule has 3 aromatic rings. The molecule has 0 aliphatic carbocycles. The third-order valence-electron chi connectivity index (χ3n) is 5.08. The average molecular weight is 383 g/mol.